The van der Waals surface area contributed by atoms with Crippen molar-refractivity contribution in [2.45, 2.75) is 6.42 Å². The van der Waals surface area contributed by atoms with Crippen molar-refractivity contribution >= 4 is 5.97 Å². The molecule has 0 radical (unpaired) electrons. The Labute approximate surface area is 81.8 Å². The summed E-state index contributed by atoms with van der Waals surface area (Å²) in [6.07, 6.45) is 0.394. The van der Waals surface area contributed by atoms with E-state index in [0.717, 1.165) is 0 Å². The number of methoxy groups -OCH3 is 1. The third-order valence-corrected chi connectivity index (χ3v) is 1.94. The first-order valence-electron chi connectivity index (χ1n) is 4.20. The lowest BCUT2D eigenvalue weighted by atomic mass is 10.0. The van der Waals surface area contributed by atoms with Crippen LogP contribution in [-0.2, 0) is 11.2 Å². The molecule has 0 fully saturated rings. The van der Waals surface area contributed by atoms with Crippen molar-refractivity contribution in [3.63, 3.8) is 0 Å². The largest absolute Gasteiger partial charge is 0.508 e. The molecule has 0 bridgehead atoms. The minimum Gasteiger partial charge on any atom is -0.508 e. The highest BCUT2D eigenvalue weighted by molar-refractivity contribution is 5.90. The highest BCUT2D eigenvalue weighted by Gasteiger charge is 2.12. The van der Waals surface area contributed by atoms with Crippen LogP contribution in [0.1, 0.15) is 15.9 Å². The van der Waals surface area contributed by atoms with Crippen molar-refractivity contribution in [3.05, 3.63) is 29.3 Å². The summed E-state index contributed by atoms with van der Waals surface area (Å²) in [6, 6.07) is 4.44. The van der Waals surface area contributed by atoms with Crippen LogP contribution in [0.3, 0.4) is 0 Å². The van der Waals surface area contributed by atoms with E-state index < -0.39 is 5.97 Å². The number of carboxylic acid groups (broad SMARTS) is 1. The highest BCUT2D eigenvalue weighted by Crippen LogP contribution is 2.21. The van der Waals surface area contributed by atoms with E-state index in [4.69, 9.17) is 9.84 Å². The molecular weight excluding hydrogens is 184 g/mol. The smallest absolute Gasteiger partial charge is 0.336 e. The van der Waals surface area contributed by atoms with Crippen molar-refractivity contribution in [1.82, 2.24) is 0 Å². The Morgan fingerprint density at radius 3 is 2.79 bits per heavy atom. The summed E-state index contributed by atoms with van der Waals surface area (Å²) < 4.78 is 4.83. The summed E-state index contributed by atoms with van der Waals surface area (Å²) in [5.74, 6) is -1.03. The molecule has 1 aromatic rings. The van der Waals surface area contributed by atoms with Gasteiger partial charge in [0.1, 0.15) is 5.75 Å². The van der Waals surface area contributed by atoms with E-state index in [2.05, 4.69) is 0 Å². The lowest BCUT2D eigenvalue weighted by Crippen LogP contribution is -2.05. The minimum atomic E-state index is -1.04. The number of phenolic OH excluding ortho intramolecular Hbond substituents is 1. The zero-order chi connectivity index (χ0) is 10.6. The Kier molecular flexibility index (Phi) is 3.48. The topological polar surface area (TPSA) is 66.8 Å². The van der Waals surface area contributed by atoms with Gasteiger partial charge in [0.05, 0.1) is 12.2 Å². The molecule has 0 saturated carbocycles. The maximum absolute atomic E-state index is 10.8. The van der Waals surface area contributed by atoms with Gasteiger partial charge in [-0.05, 0) is 12.1 Å². The number of aromatic carboxylic acids is 1. The molecule has 0 atom stereocenters. The monoisotopic (exact) mass is 196 g/mol. The fourth-order valence-corrected chi connectivity index (χ4v) is 1.24. The first kappa shape index (κ1) is 10.5. The van der Waals surface area contributed by atoms with Gasteiger partial charge in [0.2, 0.25) is 0 Å². The first-order chi connectivity index (χ1) is 6.66. The Morgan fingerprint density at radius 2 is 2.21 bits per heavy atom. The summed E-state index contributed by atoms with van der Waals surface area (Å²) in [6.45, 7) is 0.387. The van der Waals surface area contributed by atoms with Crippen LogP contribution in [0.5, 0.6) is 5.75 Å². The quantitative estimate of drug-likeness (QED) is 0.761. The fourth-order valence-electron chi connectivity index (χ4n) is 1.24. The van der Waals surface area contributed by atoms with Crippen molar-refractivity contribution in [3.8, 4) is 5.75 Å². The van der Waals surface area contributed by atoms with Gasteiger partial charge in [-0.15, -0.1) is 0 Å². The average Bonchev–Trinajstić information content (AvgIpc) is 2.15. The molecule has 2 N–H and O–H groups in total. The number of carbonyl (C=O) groups is 1. The number of phenols is 1. The zero-order valence-electron chi connectivity index (χ0n) is 7.86. The second-order valence-corrected chi connectivity index (χ2v) is 2.85. The van der Waals surface area contributed by atoms with Crippen LogP contribution in [0, 0.1) is 0 Å². The summed E-state index contributed by atoms with van der Waals surface area (Å²) in [5, 5.41) is 18.3. The number of hydrogen-bond donors (Lipinski definition) is 2. The molecule has 0 aliphatic rings. The molecule has 0 heterocycles. The number of rotatable bonds is 4. The molecule has 0 aliphatic heterocycles. The Morgan fingerprint density at radius 1 is 1.50 bits per heavy atom. The van der Waals surface area contributed by atoms with Crippen LogP contribution in [-0.4, -0.2) is 29.9 Å². The standard InChI is InChI=1S/C10H12O4/c1-14-6-5-7-8(10(12)13)3-2-4-9(7)11/h2-4,11H,5-6H2,1H3,(H,12,13). The summed E-state index contributed by atoms with van der Waals surface area (Å²) in [5.41, 5.74) is 0.545. The van der Waals surface area contributed by atoms with E-state index in [1.807, 2.05) is 0 Å². The molecular formula is C10H12O4. The van der Waals surface area contributed by atoms with E-state index in [1.165, 1.54) is 25.3 Å². The average molecular weight is 196 g/mol. The minimum absolute atomic E-state index is 0.00181. The maximum Gasteiger partial charge on any atom is 0.336 e. The molecule has 0 saturated heterocycles. The van der Waals surface area contributed by atoms with E-state index in [-0.39, 0.29) is 11.3 Å². The molecule has 0 aliphatic carbocycles. The lowest BCUT2D eigenvalue weighted by molar-refractivity contribution is 0.0694. The Bertz CT molecular complexity index is 333. The second kappa shape index (κ2) is 4.62. The van der Waals surface area contributed by atoms with Gasteiger partial charge in [0.25, 0.3) is 0 Å². The number of aromatic hydroxyl groups is 1. The molecule has 4 nitrogen and oxygen atoms in total. The lowest BCUT2D eigenvalue weighted by Gasteiger charge is -2.07. The van der Waals surface area contributed by atoms with E-state index in [1.54, 1.807) is 0 Å². The number of carboxylic acids is 1. The zero-order valence-corrected chi connectivity index (χ0v) is 7.86. The van der Waals surface area contributed by atoms with Crippen molar-refractivity contribution in [2.24, 2.45) is 0 Å². The maximum atomic E-state index is 10.8. The molecule has 1 aromatic carbocycles. The molecule has 14 heavy (non-hydrogen) atoms. The number of ether oxygens (including phenoxy) is 1. The molecule has 4 heteroatoms. The number of hydrogen-bond acceptors (Lipinski definition) is 3. The van der Waals surface area contributed by atoms with Gasteiger partial charge in [-0.1, -0.05) is 6.07 Å². The molecule has 0 unspecified atom stereocenters. The van der Waals surface area contributed by atoms with Crippen LogP contribution in [0.4, 0.5) is 0 Å². The summed E-state index contributed by atoms with van der Waals surface area (Å²) in [7, 11) is 1.53. The van der Waals surface area contributed by atoms with Gasteiger partial charge in [0.15, 0.2) is 0 Å². The summed E-state index contributed by atoms with van der Waals surface area (Å²) in [4.78, 5) is 10.8. The molecule has 0 aromatic heterocycles. The predicted molar refractivity (Wildman–Crippen MR) is 50.6 cm³/mol. The fraction of sp³-hybridized carbons (Fsp3) is 0.300. The van der Waals surface area contributed by atoms with Gasteiger partial charge in [-0.3, -0.25) is 0 Å². The van der Waals surface area contributed by atoms with Crippen LogP contribution >= 0.6 is 0 Å². The van der Waals surface area contributed by atoms with Gasteiger partial charge in [0, 0.05) is 19.1 Å². The van der Waals surface area contributed by atoms with Crippen LogP contribution in [0.25, 0.3) is 0 Å². The molecule has 1 rings (SSSR count). The van der Waals surface area contributed by atoms with E-state index in [0.29, 0.717) is 18.6 Å². The first-order valence-corrected chi connectivity index (χ1v) is 4.20. The van der Waals surface area contributed by atoms with Gasteiger partial charge in [-0.2, -0.15) is 0 Å². The third kappa shape index (κ3) is 2.23. The SMILES string of the molecule is COCCc1c(O)cccc1C(=O)O. The number of benzene rings is 1. The molecule has 76 valence electrons. The highest BCUT2D eigenvalue weighted by atomic mass is 16.5. The van der Waals surface area contributed by atoms with Crippen LogP contribution in [0.15, 0.2) is 18.2 Å². The summed E-state index contributed by atoms with van der Waals surface area (Å²) >= 11 is 0. The van der Waals surface area contributed by atoms with Crippen molar-refractivity contribution in [2.75, 3.05) is 13.7 Å². The predicted octanol–water partition coefficient (Wildman–Crippen LogP) is 1.28. The third-order valence-electron chi connectivity index (χ3n) is 1.94. The van der Waals surface area contributed by atoms with E-state index in [9.17, 15) is 9.90 Å². The van der Waals surface area contributed by atoms with Crippen molar-refractivity contribution in [1.29, 1.82) is 0 Å². The second-order valence-electron chi connectivity index (χ2n) is 2.85. The Hall–Kier alpha value is -1.55. The van der Waals surface area contributed by atoms with Gasteiger partial charge < -0.3 is 14.9 Å². The van der Waals surface area contributed by atoms with Gasteiger partial charge >= 0.3 is 5.97 Å². The Balaban J connectivity index is 3.02. The molecule has 0 spiro atoms. The molecule has 0 amide bonds. The van der Waals surface area contributed by atoms with Crippen LogP contribution in [0.2, 0.25) is 0 Å². The van der Waals surface area contributed by atoms with E-state index >= 15 is 0 Å². The van der Waals surface area contributed by atoms with Crippen molar-refractivity contribution < 1.29 is 19.7 Å². The van der Waals surface area contributed by atoms with Crippen LogP contribution < -0.4 is 0 Å². The normalized spacial score (nSPS) is 10.1. The van der Waals surface area contributed by atoms with Gasteiger partial charge in [-0.25, -0.2) is 4.79 Å².